The van der Waals surface area contributed by atoms with Gasteiger partial charge in [-0.3, -0.25) is 4.79 Å². The van der Waals surface area contributed by atoms with E-state index >= 15 is 0 Å². The van der Waals surface area contributed by atoms with E-state index in [1.807, 2.05) is 0 Å². The van der Waals surface area contributed by atoms with Gasteiger partial charge in [-0.1, -0.05) is 23.2 Å². The highest BCUT2D eigenvalue weighted by atomic mass is 35.5. The smallest absolute Gasteiger partial charge is 0.257 e. The zero-order valence-electron chi connectivity index (χ0n) is 11.9. The van der Waals surface area contributed by atoms with Crippen LogP contribution in [-0.4, -0.2) is 20.1 Å². The van der Waals surface area contributed by atoms with Crippen molar-refractivity contribution in [1.29, 1.82) is 0 Å². The fourth-order valence-corrected chi connectivity index (χ4v) is 2.30. The van der Waals surface area contributed by atoms with E-state index in [4.69, 9.17) is 38.4 Å². The van der Waals surface area contributed by atoms with Gasteiger partial charge in [-0.2, -0.15) is 0 Å². The molecule has 0 atom stereocenters. The molecule has 0 heterocycles. The summed E-state index contributed by atoms with van der Waals surface area (Å²) in [4.78, 5) is 12.4. The predicted octanol–water partition coefficient (Wildman–Crippen LogP) is 3.85. The Balaban J connectivity index is 2.37. The van der Waals surface area contributed by atoms with Crippen molar-refractivity contribution in [3.63, 3.8) is 0 Å². The fraction of sp³-hybridized carbons (Fsp3) is 0.133. The summed E-state index contributed by atoms with van der Waals surface area (Å²) in [5, 5.41) is 3.38. The normalized spacial score (nSPS) is 10.2. The largest absolute Gasteiger partial charge is 0.495 e. The van der Waals surface area contributed by atoms with Crippen LogP contribution in [0.15, 0.2) is 30.3 Å². The molecule has 0 aliphatic carbocycles. The van der Waals surface area contributed by atoms with Gasteiger partial charge in [0.25, 0.3) is 5.91 Å². The number of nitrogens with two attached hydrogens (primary N) is 1. The third-order valence-electron chi connectivity index (χ3n) is 2.96. The van der Waals surface area contributed by atoms with E-state index in [0.29, 0.717) is 32.9 Å². The molecule has 2 rings (SSSR count). The number of ether oxygens (including phenoxy) is 2. The molecule has 0 aliphatic heterocycles. The van der Waals surface area contributed by atoms with Gasteiger partial charge < -0.3 is 20.5 Å². The van der Waals surface area contributed by atoms with Crippen molar-refractivity contribution in [3.05, 3.63) is 45.9 Å². The Hall–Kier alpha value is -2.11. The predicted molar refractivity (Wildman–Crippen MR) is 88.4 cm³/mol. The van der Waals surface area contributed by atoms with Crippen LogP contribution in [0.1, 0.15) is 10.4 Å². The first-order valence-electron chi connectivity index (χ1n) is 6.24. The maximum Gasteiger partial charge on any atom is 0.257 e. The maximum atomic E-state index is 12.4. The molecule has 0 radical (unpaired) electrons. The Bertz CT molecular complexity index is 720. The van der Waals surface area contributed by atoms with Crippen molar-refractivity contribution in [1.82, 2.24) is 0 Å². The minimum Gasteiger partial charge on any atom is -0.495 e. The van der Waals surface area contributed by atoms with Gasteiger partial charge in [-0.15, -0.1) is 0 Å². The Morgan fingerprint density at radius 1 is 1.05 bits per heavy atom. The van der Waals surface area contributed by atoms with Crippen molar-refractivity contribution < 1.29 is 14.3 Å². The number of nitrogens with one attached hydrogen (secondary N) is 1. The number of halogens is 2. The van der Waals surface area contributed by atoms with E-state index in [-0.39, 0.29) is 5.56 Å². The SMILES string of the molecule is COc1cc(NC(=O)c2cc(N)ccc2Cl)c(OC)cc1Cl. The van der Waals surface area contributed by atoms with Gasteiger partial charge in [0.1, 0.15) is 11.5 Å². The average Bonchev–Trinajstić information content (AvgIpc) is 2.50. The Kier molecular flexibility index (Phi) is 5.00. The second-order valence-electron chi connectivity index (χ2n) is 4.38. The Morgan fingerprint density at radius 3 is 2.36 bits per heavy atom. The van der Waals surface area contributed by atoms with E-state index in [2.05, 4.69) is 5.32 Å². The van der Waals surface area contributed by atoms with Crippen molar-refractivity contribution in [3.8, 4) is 11.5 Å². The van der Waals surface area contributed by atoms with Crippen LogP contribution in [0.3, 0.4) is 0 Å². The molecule has 0 aliphatic rings. The number of rotatable bonds is 4. The molecule has 7 heteroatoms. The lowest BCUT2D eigenvalue weighted by Crippen LogP contribution is -2.13. The molecule has 0 spiro atoms. The second-order valence-corrected chi connectivity index (χ2v) is 5.19. The number of hydrogen-bond acceptors (Lipinski definition) is 4. The summed E-state index contributed by atoms with van der Waals surface area (Å²) in [6, 6.07) is 7.80. The van der Waals surface area contributed by atoms with E-state index in [9.17, 15) is 4.79 Å². The molecule has 2 aromatic rings. The van der Waals surface area contributed by atoms with Crippen LogP contribution < -0.4 is 20.5 Å². The van der Waals surface area contributed by atoms with E-state index in [1.54, 1.807) is 24.3 Å². The van der Waals surface area contributed by atoms with Gasteiger partial charge >= 0.3 is 0 Å². The number of benzene rings is 2. The van der Waals surface area contributed by atoms with Gasteiger partial charge in [0.05, 0.1) is 35.5 Å². The molecule has 0 saturated heterocycles. The van der Waals surface area contributed by atoms with E-state index < -0.39 is 5.91 Å². The van der Waals surface area contributed by atoms with Gasteiger partial charge in [0, 0.05) is 17.8 Å². The highest BCUT2D eigenvalue weighted by molar-refractivity contribution is 6.34. The van der Waals surface area contributed by atoms with Crippen molar-refractivity contribution in [2.45, 2.75) is 0 Å². The first-order valence-corrected chi connectivity index (χ1v) is 6.99. The van der Waals surface area contributed by atoms with Gasteiger partial charge in [0.2, 0.25) is 0 Å². The molecular formula is C15H14Cl2N2O3. The molecule has 1 amide bonds. The molecule has 0 aromatic heterocycles. The lowest BCUT2D eigenvalue weighted by Gasteiger charge is -2.13. The summed E-state index contributed by atoms with van der Waals surface area (Å²) >= 11 is 12.0. The molecule has 5 nitrogen and oxygen atoms in total. The first kappa shape index (κ1) is 16.3. The molecule has 0 saturated carbocycles. The number of carbonyl (C=O) groups excluding carboxylic acids is 1. The number of hydrogen-bond donors (Lipinski definition) is 2. The van der Waals surface area contributed by atoms with Gasteiger partial charge in [-0.25, -0.2) is 0 Å². The summed E-state index contributed by atoms with van der Waals surface area (Å²) in [7, 11) is 2.95. The standard InChI is InChI=1S/C15H14Cl2N2O3/c1-21-13-7-12(14(22-2)6-11(13)17)19-15(20)9-5-8(18)3-4-10(9)16/h3-7H,18H2,1-2H3,(H,19,20). The van der Waals surface area contributed by atoms with Gasteiger partial charge in [0.15, 0.2) is 0 Å². The van der Waals surface area contributed by atoms with Crippen molar-refractivity contribution in [2.75, 3.05) is 25.3 Å². The minimum absolute atomic E-state index is 0.262. The van der Waals surface area contributed by atoms with Crippen LogP contribution in [0.5, 0.6) is 11.5 Å². The highest BCUT2D eigenvalue weighted by Gasteiger charge is 2.16. The lowest BCUT2D eigenvalue weighted by atomic mass is 10.1. The number of carbonyl (C=O) groups is 1. The quantitative estimate of drug-likeness (QED) is 0.829. The summed E-state index contributed by atoms with van der Waals surface area (Å²) in [5.41, 5.74) is 6.79. The second kappa shape index (κ2) is 6.77. The average molecular weight is 341 g/mol. The van der Waals surface area contributed by atoms with E-state index in [1.165, 1.54) is 20.3 Å². The Labute approximate surface area is 137 Å². The number of anilines is 2. The summed E-state index contributed by atoms with van der Waals surface area (Å²) in [6.07, 6.45) is 0. The highest BCUT2D eigenvalue weighted by Crippen LogP contribution is 2.36. The van der Waals surface area contributed by atoms with Crippen molar-refractivity contribution >= 4 is 40.5 Å². The monoisotopic (exact) mass is 340 g/mol. The van der Waals surface area contributed by atoms with Crippen LogP contribution >= 0.6 is 23.2 Å². The molecular weight excluding hydrogens is 327 g/mol. The third-order valence-corrected chi connectivity index (χ3v) is 3.58. The molecule has 0 bridgehead atoms. The lowest BCUT2D eigenvalue weighted by molar-refractivity contribution is 0.102. The molecule has 2 aromatic carbocycles. The molecule has 0 unspecified atom stereocenters. The van der Waals surface area contributed by atoms with Gasteiger partial charge in [-0.05, 0) is 18.2 Å². The molecule has 22 heavy (non-hydrogen) atoms. The maximum absolute atomic E-state index is 12.4. The van der Waals surface area contributed by atoms with Crippen molar-refractivity contribution in [2.24, 2.45) is 0 Å². The van der Waals surface area contributed by atoms with Crippen LogP contribution in [0, 0.1) is 0 Å². The molecule has 0 fully saturated rings. The summed E-state index contributed by atoms with van der Waals surface area (Å²) in [6.45, 7) is 0. The summed E-state index contributed by atoms with van der Waals surface area (Å²) in [5.74, 6) is 0.399. The number of amides is 1. The third kappa shape index (κ3) is 3.37. The minimum atomic E-state index is -0.417. The zero-order chi connectivity index (χ0) is 16.3. The Morgan fingerprint density at radius 2 is 1.73 bits per heavy atom. The van der Waals surface area contributed by atoms with Crippen LogP contribution in [0.2, 0.25) is 10.0 Å². The molecule has 3 N–H and O–H groups in total. The van der Waals surface area contributed by atoms with E-state index in [0.717, 1.165) is 0 Å². The number of nitrogen functional groups attached to an aromatic ring is 1. The van der Waals surface area contributed by atoms with Crippen LogP contribution in [0.4, 0.5) is 11.4 Å². The summed E-state index contributed by atoms with van der Waals surface area (Å²) < 4.78 is 10.3. The first-order chi connectivity index (χ1) is 10.5. The zero-order valence-corrected chi connectivity index (χ0v) is 13.5. The van der Waals surface area contributed by atoms with Crippen LogP contribution in [-0.2, 0) is 0 Å². The number of methoxy groups -OCH3 is 2. The van der Waals surface area contributed by atoms with Crippen LogP contribution in [0.25, 0.3) is 0 Å². The molecule has 116 valence electrons. The fourth-order valence-electron chi connectivity index (χ4n) is 1.86. The topological polar surface area (TPSA) is 73.6 Å².